The first-order chi connectivity index (χ1) is 15.1. The minimum Gasteiger partial charge on any atom is -0.348 e. The zero-order valence-electron chi connectivity index (χ0n) is 20.0. The molecule has 0 aromatic heterocycles. The van der Waals surface area contributed by atoms with Crippen LogP contribution in [0.3, 0.4) is 0 Å². The van der Waals surface area contributed by atoms with Gasteiger partial charge in [0.2, 0.25) is 0 Å². The Morgan fingerprint density at radius 3 is 2.06 bits per heavy atom. The van der Waals surface area contributed by atoms with Crippen molar-refractivity contribution in [2.45, 2.75) is 77.1 Å². The highest BCUT2D eigenvalue weighted by Gasteiger charge is 2.41. The van der Waals surface area contributed by atoms with Gasteiger partial charge in [-0.3, -0.25) is 9.18 Å². The fraction of sp³-hybridized carbons (Fsp3) is 0.640. The third-order valence-corrected chi connectivity index (χ3v) is 7.57. The number of hydrogen-bond donors (Lipinski definition) is 0. The van der Waals surface area contributed by atoms with Gasteiger partial charge in [-0.2, -0.15) is 8.42 Å². The maximum absolute atomic E-state index is 12.2. The molecule has 2 aliphatic heterocycles. The molecule has 1 aliphatic carbocycles. The summed E-state index contributed by atoms with van der Waals surface area (Å²) in [6, 6.07) is 6.70. The number of nitrogens with zero attached hydrogens (tertiary/aromatic N) is 1. The lowest BCUT2D eigenvalue weighted by molar-refractivity contribution is -0.185. The molecule has 0 radical (unpaired) electrons. The molecule has 0 bridgehead atoms. The molecule has 1 spiro atoms. The van der Waals surface area contributed by atoms with Crippen LogP contribution < -0.4 is 0 Å². The third kappa shape index (κ3) is 6.50. The Balaban J connectivity index is 0.000000222. The second-order valence-electron chi connectivity index (χ2n) is 9.44. The van der Waals surface area contributed by atoms with Crippen molar-refractivity contribution in [2.75, 3.05) is 19.8 Å². The lowest BCUT2D eigenvalue weighted by atomic mass is 9.92. The van der Waals surface area contributed by atoms with Gasteiger partial charge in [0.15, 0.2) is 5.79 Å². The Morgan fingerprint density at radius 1 is 1.00 bits per heavy atom. The van der Waals surface area contributed by atoms with Crippen molar-refractivity contribution in [1.29, 1.82) is 0 Å². The second kappa shape index (κ2) is 10.6. The highest BCUT2D eigenvalue weighted by molar-refractivity contribution is 7.86. The van der Waals surface area contributed by atoms with E-state index in [-0.39, 0.29) is 11.0 Å². The van der Waals surface area contributed by atoms with Crippen LogP contribution in [0.1, 0.15) is 58.9 Å². The summed E-state index contributed by atoms with van der Waals surface area (Å²) in [5.41, 5.74) is 3.77. The van der Waals surface area contributed by atoms with Crippen LogP contribution in [0.5, 0.6) is 0 Å². The van der Waals surface area contributed by atoms with E-state index in [4.69, 9.17) is 13.7 Å². The normalized spacial score (nSPS) is 21.0. The molecule has 4 rings (SSSR count). The van der Waals surface area contributed by atoms with Crippen LogP contribution in [-0.4, -0.2) is 45.8 Å². The lowest BCUT2D eigenvalue weighted by Gasteiger charge is -2.34. The van der Waals surface area contributed by atoms with Gasteiger partial charge in [0.25, 0.3) is 10.1 Å². The largest absolute Gasteiger partial charge is 0.348 e. The van der Waals surface area contributed by atoms with Crippen LogP contribution in [0.2, 0.25) is 0 Å². The van der Waals surface area contributed by atoms with Crippen molar-refractivity contribution < 1.29 is 22.1 Å². The smallest absolute Gasteiger partial charge is 0.297 e. The quantitative estimate of drug-likeness (QED) is 0.570. The van der Waals surface area contributed by atoms with Gasteiger partial charge in [0, 0.05) is 18.6 Å². The van der Waals surface area contributed by atoms with Crippen LogP contribution in [-0.2, 0) is 23.8 Å². The van der Waals surface area contributed by atoms with Gasteiger partial charge in [-0.1, -0.05) is 45.4 Å². The summed E-state index contributed by atoms with van der Waals surface area (Å²) in [5, 5.41) is 0. The Labute approximate surface area is 193 Å². The van der Waals surface area contributed by atoms with E-state index in [9.17, 15) is 8.42 Å². The summed E-state index contributed by atoms with van der Waals surface area (Å²) in [6.07, 6.45) is 4.59. The van der Waals surface area contributed by atoms with E-state index in [2.05, 4.69) is 38.8 Å². The van der Waals surface area contributed by atoms with Gasteiger partial charge >= 0.3 is 0 Å². The first kappa shape index (κ1) is 25.1. The summed E-state index contributed by atoms with van der Waals surface area (Å²) in [5.74, 6) is 0.759. The predicted molar refractivity (Wildman–Crippen MR) is 126 cm³/mol. The first-order valence-corrected chi connectivity index (χ1v) is 13.0. The van der Waals surface area contributed by atoms with Gasteiger partial charge in [0.05, 0.1) is 30.8 Å². The maximum atomic E-state index is 12.2. The highest BCUT2D eigenvalue weighted by atomic mass is 32.2. The van der Waals surface area contributed by atoms with Gasteiger partial charge < -0.3 is 9.47 Å². The van der Waals surface area contributed by atoms with Gasteiger partial charge in [0.1, 0.15) is 0 Å². The molecule has 32 heavy (non-hydrogen) atoms. The molecule has 0 unspecified atom stereocenters. The molecule has 178 valence electrons. The average molecular weight is 464 g/mol. The van der Waals surface area contributed by atoms with Crippen molar-refractivity contribution >= 4 is 15.8 Å². The molecule has 1 aromatic carbocycles. The first-order valence-electron chi connectivity index (χ1n) is 11.6. The van der Waals surface area contributed by atoms with E-state index >= 15 is 0 Å². The molecular weight excluding hydrogens is 426 g/mol. The zero-order chi connectivity index (χ0) is 23.4. The third-order valence-electron chi connectivity index (χ3n) is 6.19. The molecule has 0 N–H and O–H groups in total. The van der Waals surface area contributed by atoms with Crippen LogP contribution in [0, 0.1) is 18.8 Å². The van der Waals surface area contributed by atoms with E-state index in [1.165, 1.54) is 11.3 Å². The fourth-order valence-corrected chi connectivity index (χ4v) is 5.15. The molecule has 0 amide bonds. The molecule has 3 aliphatic rings. The predicted octanol–water partition coefficient (Wildman–Crippen LogP) is 5.07. The molecule has 6 nitrogen and oxygen atoms in total. The van der Waals surface area contributed by atoms with Crippen molar-refractivity contribution in [3.63, 3.8) is 0 Å². The van der Waals surface area contributed by atoms with Crippen molar-refractivity contribution in [2.24, 2.45) is 16.8 Å². The monoisotopic (exact) mass is 463 g/mol. The standard InChI is InChI=1S/C15H20O5S.C10H17N/c1-12-2-4-14(5-3-12)21(16,17)20-13-6-8-15(9-7-13)18-10-11-19-15;1-7(2)9-5-10(8(3)4)11-6-9/h2-5,13H,6-11H2,1H3;5,7-8H,6H2,1-4H3. The number of benzene rings is 1. The number of hydrogen-bond acceptors (Lipinski definition) is 6. The van der Waals surface area contributed by atoms with E-state index in [0.29, 0.717) is 50.7 Å². The van der Waals surface area contributed by atoms with Crippen molar-refractivity contribution in [3.8, 4) is 0 Å². The molecule has 1 saturated heterocycles. The van der Waals surface area contributed by atoms with Crippen LogP contribution in [0.25, 0.3) is 0 Å². The summed E-state index contributed by atoms with van der Waals surface area (Å²) in [7, 11) is -3.69. The lowest BCUT2D eigenvalue weighted by Crippen LogP contribution is -2.38. The van der Waals surface area contributed by atoms with E-state index in [1.807, 2.05) is 6.92 Å². The minimum atomic E-state index is -3.69. The second-order valence-corrected chi connectivity index (χ2v) is 11.0. The summed E-state index contributed by atoms with van der Waals surface area (Å²) in [6.45, 7) is 12.9. The highest BCUT2D eigenvalue weighted by Crippen LogP contribution is 2.37. The van der Waals surface area contributed by atoms with Crippen molar-refractivity contribution in [3.05, 3.63) is 41.5 Å². The molecular formula is C25H37NO5S. The molecule has 1 saturated carbocycles. The van der Waals surface area contributed by atoms with E-state index in [1.54, 1.807) is 24.3 Å². The van der Waals surface area contributed by atoms with Gasteiger partial charge in [-0.25, -0.2) is 0 Å². The molecule has 2 fully saturated rings. The van der Waals surface area contributed by atoms with E-state index < -0.39 is 15.9 Å². The number of allylic oxidation sites excluding steroid dienone is 1. The minimum absolute atomic E-state index is 0.210. The Hall–Kier alpha value is -1.54. The number of ether oxygens (including phenoxy) is 2. The number of rotatable bonds is 5. The van der Waals surface area contributed by atoms with Gasteiger partial charge in [-0.15, -0.1) is 0 Å². The van der Waals surface area contributed by atoms with Crippen LogP contribution in [0.4, 0.5) is 0 Å². The molecule has 0 atom stereocenters. The molecule has 1 aromatic rings. The molecule has 2 heterocycles. The SMILES string of the molecule is CC(C)C1=CC(C(C)C)=NC1.Cc1ccc(S(=O)(=O)OC2CCC3(CC2)OCCO3)cc1. The van der Waals surface area contributed by atoms with Gasteiger partial charge in [-0.05, 0) is 55.4 Å². The Kier molecular flexibility index (Phi) is 8.31. The van der Waals surface area contributed by atoms with Crippen LogP contribution in [0.15, 0.2) is 45.8 Å². The van der Waals surface area contributed by atoms with E-state index in [0.717, 1.165) is 12.1 Å². The topological polar surface area (TPSA) is 74.2 Å². The summed E-state index contributed by atoms with van der Waals surface area (Å²) < 4.78 is 41.1. The zero-order valence-corrected chi connectivity index (χ0v) is 20.8. The maximum Gasteiger partial charge on any atom is 0.297 e. The number of aliphatic imine (C=N–C) groups is 1. The fourth-order valence-electron chi connectivity index (χ4n) is 4.01. The summed E-state index contributed by atoms with van der Waals surface area (Å²) >= 11 is 0. The molecule has 7 heteroatoms. The summed E-state index contributed by atoms with van der Waals surface area (Å²) in [4.78, 5) is 4.67. The Morgan fingerprint density at radius 2 is 1.59 bits per heavy atom. The average Bonchev–Trinajstić information content (AvgIpc) is 3.41. The van der Waals surface area contributed by atoms with Crippen LogP contribution >= 0.6 is 0 Å². The van der Waals surface area contributed by atoms with Crippen molar-refractivity contribution in [1.82, 2.24) is 0 Å². The Bertz CT molecular complexity index is 916. The number of aryl methyl sites for hydroxylation is 1.